The third kappa shape index (κ3) is 3.07. The number of hydrogen-bond donors (Lipinski definition) is 0. The first-order valence-corrected chi connectivity index (χ1v) is 9.81. The van der Waals surface area contributed by atoms with Gasteiger partial charge in [-0.2, -0.15) is 11.8 Å². The van der Waals surface area contributed by atoms with E-state index in [2.05, 4.69) is 0 Å². The Balaban J connectivity index is 2.46. The van der Waals surface area contributed by atoms with Crippen molar-refractivity contribution in [3.05, 3.63) is 29.6 Å². The Kier molecular flexibility index (Phi) is 5.20. The molecule has 1 atom stereocenters. The Morgan fingerprint density at radius 2 is 2.25 bits per heavy atom. The van der Waals surface area contributed by atoms with Crippen molar-refractivity contribution in [2.75, 3.05) is 28.7 Å². The minimum absolute atomic E-state index is 0.0323. The highest BCUT2D eigenvalue weighted by Crippen LogP contribution is 2.32. The van der Waals surface area contributed by atoms with Gasteiger partial charge >= 0.3 is 0 Å². The molecule has 0 amide bonds. The van der Waals surface area contributed by atoms with Crippen molar-refractivity contribution >= 4 is 38.9 Å². The maximum Gasteiger partial charge on any atom is 0.171 e. The van der Waals surface area contributed by atoms with Gasteiger partial charge in [0.15, 0.2) is 9.84 Å². The highest BCUT2D eigenvalue weighted by molar-refractivity contribution is 8.01. The van der Waals surface area contributed by atoms with Crippen LogP contribution in [0.25, 0.3) is 0 Å². The highest BCUT2D eigenvalue weighted by atomic mass is 35.5. The van der Waals surface area contributed by atoms with Gasteiger partial charge in [-0.1, -0.05) is 13.0 Å². The van der Waals surface area contributed by atoms with E-state index in [0.29, 0.717) is 23.5 Å². The summed E-state index contributed by atoms with van der Waals surface area (Å²) in [5.74, 6) is 1.07. The molecule has 0 bridgehead atoms. The predicted molar refractivity (Wildman–Crippen MR) is 83.9 cm³/mol. The molecule has 1 saturated heterocycles. The second kappa shape index (κ2) is 6.54. The second-order valence-electron chi connectivity index (χ2n) is 4.55. The van der Waals surface area contributed by atoms with Crippen molar-refractivity contribution in [3.8, 4) is 0 Å². The summed E-state index contributed by atoms with van der Waals surface area (Å²) >= 11 is 7.44. The van der Waals surface area contributed by atoms with Crippen LogP contribution in [0, 0.1) is 5.82 Å². The van der Waals surface area contributed by atoms with Crippen molar-refractivity contribution in [2.45, 2.75) is 18.2 Å². The third-order valence-corrected chi connectivity index (χ3v) is 6.99. The molecule has 0 saturated carbocycles. The molecule has 0 spiro atoms. The van der Waals surface area contributed by atoms with Crippen molar-refractivity contribution < 1.29 is 12.8 Å². The number of hydrogen-bond acceptors (Lipinski definition) is 4. The number of alkyl halides is 1. The molecule has 0 aliphatic carbocycles. The minimum atomic E-state index is -3.22. The molecule has 20 heavy (non-hydrogen) atoms. The molecule has 0 N–H and O–H groups in total. The molecule has 0 radical (unpaired) electrons. The largest absolute Gasteiger partial charge is 0.353 e. The van der Waals surface area contributed by atoms with Crippen LogP contribution in [0.15, 0.2) is 18.2 Å². The van der Waals surface area contributed by atoms with Crippen molar-refractivity contribution in [1.29, 1.82) is 0 Å². The van der Waals surface area contributed by atoms with Crippen molar-refractivity contribution in [3.63, 3.8) is 0 Å². The molecule has 1 aromatic carbocycles. The molecule has 7 heteroatoms. The van der Waals surface area contributed by atoms with E-state index in [4.69, 9.17) is 11.6 Å². The van der Waals surface area contributed by atoms with Gasteiger partial charge < -0.3 is 4.90 Å². The first kappa shape index (κ1) is 15.9. The summed E-state index contributed by atoms with van der Waals surface area (Å²) in [6.07, 6.45) is 0. The monoisotopic (exact) mass is 337 g/mol. The lowest BCUT2D eigenvalue weighted by Gasteiger charge is -2.37. The van der Waals surface area contributed by atoms with E-state index in [0.717, 1.165) is 5.75 Å². The summed E-state index contributed by atoms with van der Waals surface area (Å²) in [7, 11) is -3.22. The average Bonchev–Trinajstić information content (AvgIpc) is 2.47. The fourth-order valence-electron chi connectivity index (χ4n) is 2.30. The number of nitrogens with zero attached hydrogens (tertiary/aromatic N) is 1. The van der Waals surface area contributed by atoms with Gasteiger partial charge in [-0.05, 0) is 12.1 Å². The van der Waals surface area contributed by atoms with Crippen LogP contribution in [-0.4, -0.2) is 37.6 Å². The van der Waals surface area contributed by atoms with Gasteiger partial charge in [0.25, 0.3) is 0 Å². The number of anilines is 1. The zero-order chi connectivity index (χ0) is 14.8. The van der Waals surface area contributed by atoms with Gasteiger partial charge in [-0.15, -0.1) is 11.6 Å². The third-order valence-electron chi connectivity index (χ3n) is 3.44. The summed E-state index contributed by atoms with van der Waals surface area (Å²) < 4.78 is 38.3. The highest BCUT2D eigenvalue weighted by Gasteiger charge is 2.34. The van der Waals surface area contributed by atoms with Gasteiger partial charge in [0, 0.05) is 35.1 Å². The summed E-state index contributed by atoms with van der Waals surface area (Å²) in [5.41, 5.74) is 0.972. The van der Waals surface area contributed by atoms with Crippen LogP contribution in [0.1, 0.15) is 12.5 Å². The van der Waals surface area contributed by atoms with E-state index < -0.39 is 15.2 Å². The second-order valence-corrected chi connectivity index (χ2v) is 8.41. The molecule has 112 valence electrons. The van der Waals surface area contributed by atoms with E-state index in [1.54, 1.807) is 35.7 Å². The van der Waals surface area contributed by atoms with Crippen LogP contribution in [-0.2, 0) is 15.7 Å². The van der Waals surface area contributed by atoms with Crippen LogP contribution >= 0.6 is 23.4 Å². The number of thioether (sulfide) groups is 1. The normalized spacial score (nSPS) is 20.1. The molecule has 1 heterocycles. The minimum Gasteiger partial charge on any atom is -0.353 e. The van der Waals surface area contributed by atoms with Crippen molar-refractivity contribution in [1.82, 2.24) is 0 Å². The lowest BCUT2D eigenvalue weighted by Crippen LogP contribution is -2.48. The number of sulfone groups is 1. The fourth-order valence-corrected chi connectivity index (χ4v) is 5.54. The quantitative estimate of drug-likeness (QED) is 0.792. The molecule has 3 nitrogen and oxygen atoms in total. The molecule has 1 aliphatic rings. The summed E-state index contributed by atoms with van der Waals surface area (Å²) in [5, 5.41) is -0.602. The average molecular weight is 338 g/mol. The van der Waals surface area contributed by atoms with Gasteiger partial charge in [0.1, 0.15) is 11.2 Å². The first-order valence-electron chi connectivity index (χ1n) is 6.40. The Morgan fingerprint density at radius 1 is 1.50 bits per heavy atom. The van der Waals surface area contributed by atoms with Crippen LogP contribution < -0.4 is 4.90 Å². The lowest BCUT2D eigenvalue weighted by molar-refractivity contribution is 0.578. The van der Waals surface area contributed by atoms with Crippen LogP contribution in [0.3, 0.4) is 0 Å². The molecule has 2 rings (SSSR count). The van der Waals surface area contributed by atoms with E-state index in [-0.39, 0.29) is 17.5 Å². The van der Waals surface area contributed by atoms with Crippen LogP contribution in [0.5, 0.6) is 0 Å². The summed E-state index contributed by atoms with van der Waals surface area (Å²) in [6.45, 7) is 2.22. The molecule has 1 fully saturated rings. The molecule has 1 aromatic rings. The SMILES string of the molecule is CCS(=O)(=O)C1CSCCN1c1cccc(F)c1CCl. The van der Waals surface area contributed by atoms with Gasteiger partial charge in [-0.25, -0.2) is 12.8 Å². The molecule has 0 aromatic heterocycles. The first-order chi connectivity index (χ1) is 9.51. The number of halogens is 2. The van der Waals surface area contributed by atoms with E-state index in [1.165, 1.54) is 6.07 Å². The van der Waals surface area contributed by atoms with Crippen LogP contribution in [0.2, 0.25) is 0 Å². The number of rotatable bonds is 4. The Morgan fingerprint density at radius 3 is 2.90 bits per heavy atom. The van der Waals surface area contributed by atoms with Crippen molar-refractivity contribution in [2.24, 2.45) is 0 Å². The van der Waals surface area contributed by atoms with E-state index >= 15 is 0 Å². The summed E-state index contributed by atoms with van der Waals surface area (Å²) in [6, 6.07) is 4.69. The standard InChI is InChI=1S/C13H17ClFNO2S2/c1-2-20(17,18)13-9-19-7-6-16(13)12-5-3-4-11(15)10(12)8-14/h3-5,13H,2,6-9H2,1H3. The number of benzene rings is 1. The molecule has 1 aliphatic heterocycles. The van der Waals surface area contributed by atoms with Gasteiger partial charge in [0.2, 0.25) is 0 Å². The zero-order valence-corrected chi connectivity index (χ0v) is 13.6. The van der Waals surface area contributed by atoms with E-state index in [9.17, 15) is 12.8 Å². The Labute approximate surface area is 128 Å². The smallest absolute Gasteiger partial charge is 0.171 e. The lowest BCUT2D eigenvalue weighted by atomic mass is 10.1. The maximum absolute atomic E-state index is 13.8. The molecule has 1 unspecified atom stereocenters. The molecular weight excluding hydrogens is 321 g/mol. The summed E-state index contributed by atoms with van der Waals surface area (Å²) in [4.78, 5) is 1.79. The topological polar surface area (TPSA) is 37.4 Å². The van der Waals surface area contributed by atoms with Gasteiger partial charge in [-0.3, -0.25) is 0 Å². The fraction of sp³-hybridized carbons (Fsp3) is 0.538. The zero-order valence-electron chi connectivity index (χ0n) is 11.2. The van der Waals surface area contributed by atoms with E-state index in [1.807, 2.05) is 0 Å². The van der Waals surface area contributed by atoms with Crippen LogP contribution in [0.4, 0.5) is 10.1 Å². The molecular formula is C13H17ClFNO2S2. The predicted octanol–water partition coefficient (Wildman–Crippen LogP) is 2.88. The van der Waals surface area contributed by atoms with Gasteiger partial charge in [0.05, 0.1) is 5.88 Å². The Hall–Kier alpha value is -0.460. The maximum atomic E-state index is 13.8. The Bertz CT molecular complexity index is 580.